The van der Waals surface area contributed by atoms with Crippen molar-refractivity contribution in [1.29, 1.82) is 0 Å². The van der Waals surface area contributed by atoms with Gasteiger partial charge in [0.25, 0.3) is 5.91 Å². The van der Waals surface area contributed by atoms with Crippen LogP contribution in [0, 0.1) is 0 Å². The van der Waals surface area contributed by atoms with Gasteiger partial charge in [0.05, 0.1) is 6.61 Å². The van der Waals surface area contributed by atoms with Crippen LogP contribution in [0.1, 0.15) is 6.92 Å². The molecule has 0 aliphatic heterocycles. The van der Waals surface area contributed by atoms with E-state index in [1.807, 2.05) is 49.4 Å². The summed E-state index contributed by atoms with van der Waals surface area (Å²) in [4.78, 5) is 11.7. The summed E-state index contributed by atoms with van der Waals surface area (Å²) < 4.78 is 10.7. The molecule has 1 N–H and O–H groups in total. The van der Waals surface area contributed by atoms with Crippen molar-refractivity contribution in [2.45, 2.75) is 6.92 Å². The van der Waals surface area contributed by atoms with E-state index in [0.717, 1.165) is 11.4 Å². The van der Waals surface area contributed by atoms with Crippen molar-refractivity contribution in [2.75, 3.05) is 18.5 Å². The summed E-state index contributed by atoms with van der Waals surface area (Å²) >= 11 is 0. The quantitative estimate of drug-likeness (QED) is 0.878. The summed E-state index contributed by atoms with van der Waals surface area (Å²) in [6.45, 7) is 2.53. The molecule has 0 bridgehead atoms. The van der Waals surface area contributed by atoms with Crippen molar-refractivity contribution >= 4 is 11.6 Å². The molecule has 20 heavy (non-hydrogen) atoms. The van der Waals surface area contributed by atoms with E-state index in [4.69, 9.17) is 9.47 Å². The van der Waals surface area contributed by atoms with Gasteiger partial charge in [0.15, 0.2) is 6.61 Å². The number of carbonyl (C=O) groups is 1. The fourth-order valence-corrected chi connectivity index (χ4v) is 1.67. The van der Waals surface area contributed by atoms with Crippen molar-refractivity contribution in [3.05, 3.63) is 54.6 Å². The second kappa shape index (κ2) is 7.19. The minimum Gasteiger partial charge on any atom is -0.494 e. The minimum atomic E-state index is -0.190. The van der Waals surface area contributed by atoms with Gasteiger partial charge in [0.2, 0.25) is 0 Å². The Hall–Kier alpha value is -2.49. The molecule has 1 amide bonds. The topological polar surface area (TPSA) is 47.6 Å². The van der Waals surface area contributed by atoms with Gasteiger partial charge < -0.3 is 14.8 Å². The molecule has 104 valence electrons. The average Bonchev–Trinajstić information content (AvgIpc) is 2.48. The van der Waals surface area contributed by atoms with Gasteiger partial charge in [-0.1, -0.05) is 18.2 Å². The van der Waals surface area contributed by atoms with E-state index in [0.29, 0.717) is 12.4 Å². The molecule has 0 radical (unpaired) electrons. The Labute approximate surface area is 118 Å². The number of anilines is 1. The van der Waals surface area contributed by atoms with Crippen molar-refractivity contribution in [2.24, 2.45) is 0 Å². The largest absolute Gasteiger partial charge is 0.494 e. The molecule has 0 fully saturated rings. The lowest BCUT2D eigenvalue weighted by molar-refractivity contribution is -0.118. The monoisotopic (exact) mass is 271 g/mol. The minimum absolute atomic E-state index is 0.0249. The van der Waals surface area contributed by atoms with Crippen LogP contribution >= 0.6 is 0 Å². The smallest absolute Gasteiger partial charge is 0.262 e. The van der Waals surface area contributed by atoms with E-state index in [2.05, 4.69) is 5.32 Å². The Morgan fingerprint density at radius 2 is 1.55 bits per heavy atom. The number of amides is 1. The number of hydrogen-bond donors (Lipinski definition) is 1. The van der Waals surface area contributed by atoms with E-state index < -0.39 is 0 Å². The molecular formula is C16H17NO3. The maximum absolute atomic E-state index is 11.7. The highest BCUT2D eigenvalue weighted by Crippen LogP contribution is 2.17. The summed E-state index contributed by atoms with van der Waals surface area (Å²) in [7, 11) is 0. The third-order valence-electron chi connectivity index (χ3n) is 2.56. The molecule has 4 heteroatoms. The Balaban J connectivity index is 1.81. The number of nitrogens with one attached hydrogen (secondary N) is 1. The van der Waals surface area contributed by atoms with Crippen molar-refractivity contribution in [3.8, 4) is 11.5 Å². The van der Waals surface area contributed by atoms with Crippen molar-refractivity contribution in [1.82, 2.24) is 0 Å². The van der Waals surface area contributed by atoms with Crippen LogP contribution in [0.25, 0.3) is 0 Å². The molecule has 2 aromatic rings. The van der Waals surface area contributed by atoms with Gasteiger partial charge in [-0.3, -0.25) is 4.79 Å². The molecule has 0 aromatic heterocycles. The zero-order chi connectivity index (χ0) is 14.2. The average molecular weight is 271 g/mol. The third-order valence-corrected chi connectivity index (χ3v) is 2.56. The van der Waals surface area contributed by atoms with Crippen LogP contribution in [0.2, 0.25) is 0 Å². The van der Waals surface area contributed by atoms with Gasteiger partial charge in [0.1, 0.15) is 11.5 Å². The van der Waals surface area contributed by atoms with Crippen LogP contribution in [0.3, 0.4) is 0 Å². The molecule has 0 atom stereocenters. The lowest BCUT2D eigenvalue weighted by atomic mass is 10.3. The zero-order valence-corrected chi connectivity index (χ0v) is 11.3. The van der Waals surface area contributed by atoms with Crippen LogP contribution in [0.15, 0.2) is 54.6 Å². The Morgan fingerprint density at radius 1 is 0.950 bits per heavy atom. The number of benzene rings is 2. The van der Waals surface area contributed by atoms with Gasteiger partial charge >= 0.3 is 0 Å². The Morgan fingerprint density at radius 3 is 2.15 bits per heavy atom. The number of carbonyl (C=O) groups excluding carboxylic acids is 1. The fourth-order valence-electron chi connectivity index (χ4n) is 1.67. The first kappa shape index (κ1) is 13.9. The number of para-hydroxylation sites is 1. The Bertz CT molecular complexity index is 537. The molecule has 0 aliphatic carbocycles. The zero-order valence-electron chi connectivity index (χ0n) is 11.3. The fraction of sp³-hybridized carbons (Fsp3) is 0.188. The first-order valence-corrected chi connectivity index (χ1v) is 6.48. The molecule has 2 aromatic carbocycles. The summed E-state index contributed by atoms with van der Waals surface area (Å²) in [5.74, 6) is 1.23. The second-order valence-corrected chi connectivity index (χ2v) is 4.11. The molecule has 0 saturated carbocycles. The maximum atomic E-state index is 11.7. The standard InChI is InChI=1S/C16H17NO3/c1-2-19-14-8-10-15(11-9-14)20-12-16(18)17-13-6-4-3-5-7-13/h3-11H,2,12H2,1H3,(H,17,18). The van der Waals surface area contributed by atoms with E-state index in [1.165, 1.54) is 0 Å². The third kappa shape index (κ3) is 4.31. The van der Waals surface area contributed by atoms with E-state index in [1.54, 1.807) is 12.1 Å². The highest BCUT2D eigenvalue weighted by molar-refractivity contribution is 5.91. The van der Waals surface area contributed by atoms with Crippen LogP contribution < -0.4 is 14.8 Å². The SMILES string of the molecule is CCOc1ccc(OCC(=O)Nc2ccccc2)cc1. The predicted molar refractivity (Wildman–Crippen MR) is 78.2 cm³/mol. The van der Waals surface area contributed by atoms with Crippen LogP contribution in [-0.4, -0.2) is 19.1 Å². The van der Waals surface area contributed by atoms with Gasteiger partial charge in [0, 0.05) is 5.69 Å². The number of ether oxygens (including phenoxy) is 2. The molecule has 0 unspecified atom stereocenters. The molecule has 0 spiro atoms. The van der Waals surface area contributed by atoms with Gasteiger partial charge in [-0.25, -0.2) is 0 Å². The summed E-state index contributed by atoms with van der Waals surface area (Å²) in [6, 6.07) is 16.5. The summed E-state index contributed by atoms with van der Waals surface area (Å²) in [6.07, 6.45) is 0. The van der Waals surface area contributed by atoms with E-state index in [-0.39, 0.29) is 12.5 Å². The first-order valence-electron chi connectivity index (χ1n) is 6.48. The van der Waals surface area contributed by atoms with Crippen LogP contribution in [0.4, 0.5) is 5.69 Å². The van der Waals surface area contributed by atoms with Crippen molar-refractivity contribution in [3.63, 3.8) is 0 Å². The maximum Gasteiger partial charge on any atom is 0.262 e. The molecular weight excluding hydrogens is 254 g/mol. The highest BCUT2D eigenvalue weighted by atomic mass is 16.5. The van der Waals surface area contributed by atoms with Gasteiger partial charge in [-0.2, -0.15) is 0 Å². The lowest BCUT2D eigenvalue weighted by Gasteiger charge is -2.08. The normalized spacial score (nSPS) is 9.85. The van der Waals surface area contributed by atoms with Crippen LogP contribution in [0.5, 0.6) is 11.5 Å². The predicted octanol–water partition coefficient (Wildman–Crippen LogP) is 3.10. The van der Waals surface area contributed by atoms with Crippen LogP contribution in [-0.2, 0) is 4.79 Å². The molecule has 0 saturated heterocycles. The lowest BCUT2D eigenvalue weighted by Crippen LogP contribution is -2.20. The Kier molecular flexibility index (Phi) is 5.00. The van der Waals surface area contributed by atoms with Gasteiger partial charge in [-0.15, -0.1) is 0 Å². The first-order chi connectivity index (χ1) is 9.78. The highest BCUT2D eigenvalue weighted by Gasteiger charge is 2.03. The van der Waals surface area contributed by atoms with E-state index >= 15 is 0 Å². The molecule has 4 nitrogen and oxygen atoms in total. The van der Waals surface area contributed by atoms with E-state index in [9.17, 15) is 4.79 Å². The van der Waals surface area contributed by atoms with Gasteiger partial charge in [-0.05, 0) is 43.3 Å². The number of hydrogen-bond acceptors (Lipinski definition) is 3. The summed E-state index contributed by atoms with van der Waals surface area (Å²) in [5, 5.41) is 2.76. The molecule has 0 aliphatic rings. The molecule has 0 heterocycles. The van der Waals surface area contributed by atoms with Crippen molar-refractivity contribution < 1.29 is 14.3 Å². The second-order valence-electron chi connectivity index (χ2n) is 4.11. The summed E-state index contributed by atoms with van der Waals surface area (Å²) in [5.41, 5.74) is 0.757. The number of rotatable bonds is 6. The molecule has 2 rings (SSSR count).